The van der Waals surface area contributed by atoms with E-state index in [1.54, 1.807) is 0 Å². The van der Waals surface area contributed by atoms with E-state index in [0.29, 0.717) is 62.5 Å². The van der Waals surface area contributed by atoms with E-state index in [2.05, 4.69) is 0 Å². The van der Waals surface area contributed by atoms with Gasteiger partial charge in [-0.1, -0.05) is 25.7 Å². The third-order valence-electron chi connectivity index (χ3n) is 11.1. The summed E-state index contributed by atoms with van der Waals surface area (Å²) in [6.07, 6.45) is 12.0. The molecular formula is C30H36O8. The zero-order valence-electron chi connectivity index (χ0n) is 22.3. The second-order valence-electron chi connectivity index (χ2n) is 12.9. The molecule has 2 saturated carbocycles. The Morgan fingerprint density at radius 2 is 0.974 bits per heavy atom. The van der Waals surface area contributed by atoms with Crippen molar-refractivity contribution in [1.82, 2.24) is 0 Å². The van der Waals surface area contributed by atoms with Crippen molar-refractivity contribution in [3.63, 3.8) is 0 Å². The van der Waals surface area contributed by atoms with Gasteiger partial charge < -0.3 is 18.9 Å². The van der Waals surface area contributed by atoms with Crippen molar-refractivity contribution in [2.24, 2.45) is 10.8 Å². The molecule has 0 radical (unpaired) electrons. The first kappa shape index (κ1) is 24.7. The Kier molecular flexibility index (Phi) is 4.98. The Morgan fingerprint density at radius 1 is 0.579 bits per heavy atom. The Bertz CT molecular complexity index is 1140. The van der Waals surface area contributed by atoms with Crippen LogP contribution in [0.2, 0.25) is 0 Å². The van der Waals surface area contributed by atoms with Gasteiger partial charge in [-0.3, -0.25) is 9.59 Å². The van der Waals surface area contributed by atoms with Crippen LogP contribution in [0.25, 0.3) is 0 Å². The Hall–Kier alpha value is -2.32. The molecule has 4 bridgehead atoms. The van der Waals surface area contributed by atoms with Gasteiger partial charge in [-0.05, 0) is 88.5 Å². The second-order valence-corrected chi connectivity index (χ2v) is 12.9. The van der Waals surface area contributed by atoms with Crippen molar-refractivity contribution in [3.05, 3.63) is 23.3 Å². The van der Waals surface area contributed by atoms with Crippen LogP contribution in [-0.4, -0.2) is 59.1 Å². The summed E-state index contributed by atoms with van der Waals surface area (Å²) in [5.41, 5.74) is -5.23. The van der Waals surface area contributed by atoms with E-state index in [0.717, 1.165) is 25.7 Å². The van der Waals surface area contributed by atoms with Crippen molar-refractivity contribution in [2.45, 2.75) is 113 Å². The fourth-order valence-corrected chi connectivity index (χ4v) is 8.86. The highest BCUT2D eigenvalue weighted by Gasteiger charge is 2.78. The van der Waals surface area contributed by atoms with E-state index in [1.807, 2.05) is 26.0 Å². The van der Waals surface area contributed by atoms with E-state index in [-0.39, 0.29) is 24.8 Å². The summed E-state index contributed by atoms with van der Waals surface area (Å²) in [5, 5.41) is 0. The van der Waals surface area contributed by atoms with Crippen molar-refractivity contribution in [1.29, 1.82) is 0 Å². The van der Waals surface area contributed by atoms with E-state index in [1.165, 1.54) is 0 Å². The first-order valence-electron chi connectivity index (χ1n) is 14.4. The molecule has 2 aliphatic carbocycles. The average Bonchev–Trinajstić information content (AvgIpc) is 3.54. The largest absolute Gasteiger partial charge is 0.463 e. The number of Topliss-reactive ketones (excluding diaryl/α,β-unsaturated/α-hetero) is 2. The molecule has 3 saturated heterocycles. The van der Waals surface area contributed by atoms with Crippen LogP contribution in [0.1, 0.15) is 90.9 Å². The summed E-state index contributed by atoms with van der Waals surface area (Å²) in [7, 11) is 0. The molecule has 4 spiro atoms. The predicted octanol–water partition coefficient (Wildman–Crippen LogP) is 3.84. The maximum absolute atomic E-state index is 13.9. The van der Waals surface area contributed by atoms with Gasteiger partial charge in [0.1, 0.15) is 11.2 Å². The number of ether oxygens (including phenoxy) is 4. The molecule has 8 nitrogen and oxygen atoms in total. The highest BCUT2D eigenvalue weighted by Crippen LogP contribution is 2.65. The topological polar surface area (TPSA) is 105 Å². The third kappa shape index (κ3) is 2.60. The summed E-state index contributed by atoms with van der Waals surface area (Å²) in [5.74, 6) is -1.67. The SMILES string of the molecule is C[C@@]12CCCC[C@@]13C=C1CCCOC(=O)[C@@]45O[C@]6(C=C4CCCOC(=O)[C@@]1(O3)C2=O)CCCC[C@]6(C)C5=O. The van der Waals surface area contributed by atoms with Crippen LogP contribution in [0.3, 0.4) is 0 Å². The van der Waals surface area contributed by atoms with Gasteiger partial charge in [0.15, 0.2) is 11.6 Å². The smallest absolute Gasteiger partial charge is 0.350 e. The van der Waals surface area contributed by atoms with E-state index < -0.39 is 45.2 Å². The monoisotopic (exact) mass is 524 g/mol. The highest BCUT2D eigenvalue weighted by molar-refractivity contribution is 6.17. The predicted molar refractivity (Wildman–Crippen MR) is 133 cm³/mol. The Balaban J connectivity index is 1.21. The molecule has 8 heteroatoms. The molecule has 5 aliphatic heterocycles. The molecule has 38 heavy (non-hydrogen) atoms. The van der Waals surface area contributed by atoms with Crippen LogP contribution in [-0.2, 0) is 38.1 Å². The summed E-state index contributed by atoms with van der Waals surface area (Å²) in [6.45, 7) is 3.95. The molecule has 204 valence electrons. The lowest BCUT2D eigenvalue weighted by molar-refractivity contribution is -0.173. The molecule has 0 unspecified atom stereocenters. The number of carbonyl (C=O) groups is 4. The fraction of sp³-hybridized carbons (Fsp3) is 0.733. The molecule has 5 heterocycles. The number of rotatable bonds is 0. The zero-order valence-corrected chi connectivity index (χ0v) is 22.3. The van der Waals surface area contributed by atoms with Crippen LogP contribution < -0.4 is 0 Å². The molecule has 6 atom stereocenters. The maximum atomic E-state index is 13.9. The quantitative estimate of drug-likeness (QED) is 0.267. The first-order valence-corrected chi connectivity index (χ1v) is 14.4. The summed E-state index contributed by atoms with van der Waals surface area (Å²) < 4.78 is 24.4. The minimum Gasteiger partial charge on any atom is -0.463 e. The Morgan fingerprint density at radius 3 is 1.39 bits per heavy atom. The average molecular weight is 525 g/mol. The zero-order chi connectivity index (χ0) is 26.6. The number of esters is 2. The molecule has 7 rings (SSSR count). The number of ketones is 2. The minimum atomic E-state index is -1.71. The number of cyclic esters (lactones) is 2. The van der Waals surface area contributed by atoms with Crippen LogP contribution in [0.4, 0.5) is 0 Å². The first-order chi connectivity index (χ1) is 18.1. The van der Waals surface area contributed by atoms with Crippen molar-refractivity contribution in [2.75, 3.05) is 13.2 Å². The van der Waals surface area contributed by atoms with Crippen LogP contribution >= 0.6 is 0 Å². The highest BCUT2D eigenvalue weighted by atomic mass is 16.6. The lowest BCUT2D eigenvalue weighted by atomic mass is 9.57. The normalized spacial score (nSPS) is 48.2. The van der Waals surface area contributed by atoms with Gasteiger partial charge in [0.25, 0.3) is 0 Å². The summed E-state index contributed by atoms with van der Waals surface area (Å²) in [6, 6.07) is 0. The summed E-state index contributed by atoms with van der Waals surface area (Å²) in [4.78, 5) is 55.1. The van der Waals surface area contributed by atoms with E-state index >= 15 is 0 Å². The number of hydrogen-bond donors (Lipinski definition) is 0. The van der Waals surface area contributed by atoms with Gasteiger partial charge in [-0.15, -0.1) is 0 Å². The lowest BCUT2D eigenvalue weighted by Crippen LogP contribution is -2.54. The maximum Gasteiger partial charge on any atom is 0.350 e. The molecule has 0 N–H and O–H groups in total. The lowest BCUT2D eigenvalue weighted by Gasteiger charge is -2.43. The van der Waals surface area contributed by atoms with Gasteiger partial charge in [-0.2, -0.15) is 0 Å². The van der Waals surface area contributed by atoms with Crippen LogP contribution in [0.5, 0.6) is 0 Å². The number of hydrogen-bond acceptors (Lipinski definition) is 8. The van der Waals surface area contributed by atoms with Gasteiger partial charge in [0.2, 0.25) is 11.2 Å². The van der Waals surface area contributed by atoms with Crippen molar-refractivity contribution in [3.8, 4) is 0 Å². The third-order valence-corrected chi connectivity index (χ3v) is 11.1. The van der Waals surface area contributed by atoms with Crippen molar-refractivity contribution < 1.29 is 38.1 Å². The summed E-state index contributed by atoms with van der Waals surface area (Å²) >= 11 is 0. The van der Waals surface area contributed by atoms with Gasteiger partial charge in [-0.25, -0.2) is 9.59 Å². The van der Waals surface area contributed by atoms with Gasteiger partial charge >= 0.3 is 11.9 Å². The second kappa shape index (κ2) is 7.66. The van der Waals surface area contributed by atoms with Crippen LogP contribution in [0.15, 0.2) is 23.3 Å². The molecule has 0 aromatic heterocycles. The number of carbonyl (C=O) groups excluding carboxylic acids is 4. The molecule has 7 aliphatic rings. The minimum absolute atomic E-state index is 0.0507. The van der Waals surface area contributed by atoms with Gasteiger partial charge in [0.05, 0.1) is 24.0 Å². The molecule has 5 fully saturated rings. The molecule has 0 aromatic rings. The fourth-order valence-electron chi connectivity index (χ4n) is 8.86. The van der Waals surface area contributed by atoms with Gasteiger partial charge in [0, 0.05) is 0 Å². The van der Waals surface area contributed by atoms with Crippen molar-refractivity contribution >= 4 is 23.5 Å². The van der Waals surface area contributed by atoms with Crippen LogP contribution in [0, 0.1) is 10.8 Å². The molecule has 0 aromatic carbocycles. The Labute approximate surface area is 222 Å². The standard InChI is InChI=1S/C30H36O8/c1-25-11-3-5-13-27(25)17-19-9-7-16-36-24(34)30-20(10-8-15-35-23(33)29(19,37-27)21(25)31)18-28(38-30)14-6-4-12-26(28,2)22(30)32/h17-18H,3-16H2,1-2H3/t25-,26+,27+,28-,29-,30+. The van der Waals surface area contributed by atoms with E-state index in [9.17, 15) is 19.2 Å². The molecule has 0 amide bonds. The molecular weight excluding hydrogens is 488 g/mol. The van der Waals surface area contributed by atoms with E-state index in [4.69, 9.17) is 18.9 Å².